The Hall–Kier alpha value is -2.58. The lowest BCUT2D eigenvalue weighted by molar-refractivity contribution is -0.155. The number of aliphatic hydroxyl groups is 1. The van der Waals surface area contributed by atoms with Gasteiger partial charge in [0.1, 0.15) is 6.04 Å². The number of thioether (sulfide) groups is 1. The Balaban J connectivity index is 1.75. The van der Waals surface area contributed by atoms with Crippen molar-refractivity contribution >= 4 is 29.5 Å². The first kappa shape index (κ1) is 30.4. The average Bonchev–Trinajstić information content (AvgIpc) is 3.55. The molecule has 3 fully saturated rings. The van der Waals surface area contributed by atoms with E-state index in [9.17, 15) is 19.5 Å². The van der Waals surface area contributed by atoms with Gasteiger partial charge in [-0.25, -0.2) is 0 Å². The molecular formula is C32H44N2O5S. The fourth-order valence-electron chi connectivity index (χ4n) is 7.00. The maximum absolute atomic E-state index is 14.5. The van der Waals surface area contributed by atoms with Crippen molar-refractivity contribution in [3.8, 4) is 0 Å². The summed E-state index contributed by atoms with van der Waals surface area (Å²) in [4.78, 5) is 46.0. The number of amides is 2. The van der Waals surface area contributed by atoms with Crippen molar-refractivity contribution in [3.05, 3.63) is 61.2 Å². The molecule has 8 heteroatoms. The van der Waals surface area contributed by atoms with Crippen LogP contribution in [0.2, 0.25) is 0 Å². The number of allylic oxidation sites excluding steroid dienone is 1. The van der Waals surface area contributed by atoms with E-state index in [1.807, 2.05) is 30.3 Å². The summed E-state index contributed by atoms with van der Waals surface area (Å²) in [6, 6.07) is 8.37. The Bertz CT molecular complexity index is 1080. The van der Waals surface area contributed by atoms with Crippen LogP contribution in [-0.2, 0) is 25.5 Å². The second-order valence-electron chi connectivity index (χ2n) is 11.3. The van der Waals surface area contributed by atoms with Gasteiger partial charge in [0, 0.05) is 18.3 Å². The number of ether oxygens (including phenoxy) is 1. The van der Waals surface area contributed by atoms with E-state index in [1.54, 1.807) is 33.7 Å². The van der Waals surface area contributed by atoms with Crippen molar-refractivity contribution in [2.45, 2.75) is 74.5 Å². The molecule has 2 bridgehead atoms. The molecule has 1 N–H and O–H groups in total. The standard InChI is InChI=1S/C32H44N2O5S/c1-5-8-13-18-39-31(38)26-25-19-22(4)32(40-25)27(26)29(36)34(24(21-35)20-23-14-11-10-12-15-23)28(32)30(37)33(16-7-3)17-9-6-2/h5,7,10-12,14-15,22,24-28,35H,1,3,6,8-9,13,16-21H2,2,4H3/t22?,24-,25-,26+,27+,28?,32?/m1/s1. The number of hydrogen-bond acceptors (Lipinski definition) is 6. The van der Waals surface area contributed by atoms with Crippen LogP contribution in [0.4, 0.5) is 0 Å². The van der Waals surface area contributed by atoms with Crippen LogP contribution in [-0.4, -0.2) is 81.1 Å². The van der Waals surface area contributed by atoms with Gasteiger partial charge in [0.15, 0.2) is 0 Å². The van der Waals surface area contributed by atoms with Crippen LogP contribution in [0.1, 0.15) is 51.5 Å². The molecule has 40 heavy (non-hydrogen) atoms. The summed E-state index contributed by atoms with van der Waals surface area (Å²) in [6.45, 7) is 12.8. The van der Waals surface area contributed by atoms with Gasteiger partial charge < -0.3 is 19.6 Å². The van der Waals surface area contributed by atoms with Crippen molar-refractivity contribution in [1.82, 2.24) is 9.80 Å². The van der Waals surface area contributed by atoms with E-state index in [0.717, 1.165) is 31.2 Å². The zero-order chi connectivity index (χ0) is 28.9. The summed E-state index contributed by atoms with van der Waals surface area (Å²) in [6.07, 6.45) is 7.90. The first-order valence-electron chi connectivity index (χ1n) is 14.7. The number of hydrogen-bond donors (Lipinski definition) is 1. The maximum Gasteiger partial charge on any atom is 0.310 e. The van der Waals surface area contributed by atoms with Gasteiger partial charge in [0.2, 0.25) is 11.8 Å². The minimum absolute atomic E-state index is 0.0491. The molecule has 4 rings (SSSR count). The topological polar surface area (TPSA) is 87.1 Å². The monoisotopic (exact) mass is 568 g/mol. The SMILES string of the molecule is C=CCCCOC(=O)[C@@H]1[C@H]2C(=O)N([C@@H](CO)Cc3ccccc3)C(C(=O)N(CC=C)CCCC)C23S[C@@H]1CC3C. The molecule has 3 saturated heterocycles. The lowest BCUT2D eigenvalue weighted by Crippen LogP contribution is -2.59. The van der Waals surface area contributed by atoms with E-state index in [-0.39, 0.29) is 42.2 Å². The smallest absolute Gasteiger partial charge is 0.310 e. The number of esters is 1. The third-order valence-corrected chi connectivity index (χ3v) is 10.9. The molecule has 0 aromatic heterocycles. The van der Waals surface area contributed by atoms with Crippen molar-refractivity contribution in [3.63, 3.8) is 0 Å². The quantitative estimate of drug-likeness (QED) is 0.193. The van der Waals surface area contributed by atoms with Crippen LogP contribution in [0.25, 0.3) is 0 Å². The lowest BCUT2D eigenvalue weighted by Gasteiger charge is -2.42. The molecule has 0 saturated carbocycles. The fourth-order valence-corrected chi connectivity index (χ4v) is 9.39. The summed E-state index contributed by atoms with van der Waals surface area (Å²) < 4.78 is 4.94. The number of benzene rings is 1. The molecule has 3 unspecified atom stereocenters. The number of rotatable bonds is 15. The highest BCUT2D eigenvalue weighted by Gasteiger charge is 2.77. The lowest BCUT2D eigenvalue weighted by atomic mass is 9.66. The van der Waals surface area contributed by atoms with E-state index < -0.39 is 28.7 Å². The molecule has 218 valence electrons. The van der Waals surface area contributed by atoms with E-state index in [4.69, 9.17) is 4.74 Å². The molecular weight excluding hydrogens is 524 g/mol. The molecule has 2 amide bonds. The van der Waals surface area contributed by atoms with Crippen molar-refractivity contribution < 1.29 is 24.2 Å². The van der Waals surface area contributed by atoms with Crippen molar-refractivity contribution in [2.75, 3.05) is 26.3 Å². The third-order valence-electron chi connectivity index (χ3n) is 8.85. The fraction of sp³-hybridized carbons (Fsp3) is 0.594. The van der Waals surface area contributed by atoms with Gasteiger partial charge in [-0.3, -0.25) is 14.4 Å². The Labute approximate surface area is 243 Å². The molecule has 7 atom stereocenters. The van der Waals surface area contributed by atoms with E-state index in [2.05, 4.69) is 27.0 Å². The first-order valence-corrected chi connectivity index (χ1v) is 15.6. The third kappa shape index (κ3) is 5.49. The predicted molar refractivity (Wildman–Crippen MR) is 159 cm³/mol. The van der Waals surface area contributed by atoms with E-state index in [0.29, 0.717) is 25.9 Å². The molecule has 3 heterocycles. The number of unbranched alkanes of at least 4 members (excludes halogenated alkanes) is 2. The molecule has 1 aromatic rings. The van der Waals surface area contributed by atoms with Gasteiger partial charge in [-0.05, 0) is 43.6 Å². The minimum atomic E-state index is -0.772. The Kier molecular flexibility index (Phi) is 10.2. The average molecular weight is 569 g/mol. The van der Waals surface area contributed by atoms with Crippen molar-refractivity contribution in [1.29, 1.82) is 0 Å². The van der Waals surface area contributed by atoms with Gasteiger partial charge in [0.05, 0.1) is 35.8 Å². The Morgan fingerprint density at radius 1 is 1.25 bits per heavy atom. The summed E-state index contributed by atoms with van der Waals surface area (Å²) >= 11 is 1.64. The van der Waals surface area contributed by atoms with Crippen LogP contribution in [0.5, 0.6) is 0 Å². The predicted octanol–water partition coefficient (Wildman–Crippen LogP) is 4.25. The van der Waals surface area contributed by atoms with Gasteiger partial charge in [-0.2, -0.15) is 0 Å². The molecule has 7 nitrogen and oxygen atoms in total. The molecule has 0 radical (unpaired) electrons. The van der Waals surface area contributed by atoms with E-state index >= 15 is 0 Å². The van der Waals surface area contributed by atoms with Crippen LogP contribution in [0, 0.1) is 17.8 Å². The Morgan fingerprint density at radius 2 is 2.00 bits per heavy atom. The number of nitrogens with zero attached hydrogens (tertiary/aromatic N) is 2. The number of fused-ring (bicyclic) bond motifs is 1. The molecule has 3 aliphatic heterocycles. The molecule has 0 aliphatic carbocycles. The van der Waals surface area contributed by atoms with Crippen LogP contribution >= 0.6 is 11.8 Å². The number of carbonyl (C=O) groups excluding carboxylic acids is 3. The van der Waals surface area contributed by atoms with Gasteiger partial charge in [-0.1, -0.05) is 62.8 Å². The van der Waals surface area contributed by atoms with Crippen molar-refractivity contribution in [2.24, 2.45) is 17.8 Å². The van der Waals surface area contributed by atoms with Gasteiger partial charge in [0.25, 0.3) is 0 Å². The molecule has 1 aromatic carbocycles. The normalized spacial score (nSPS) is 29.2. The summed E-state index contributed by atoms with van der Waals surface area (Å²) in [5.41, 5.74) is 0.979. The van der Waals surface area contributed by atoms with Crippen LogP contribution < -0.4 is 0 Å². The second-order valence-corrected chi connectivity index (χ2v) is 12.9. The largest absolute Gasteiger partial charge is 0.465 e. The zero-order valence-corrected chi connectivity index (χ0v) is 24.7. The zero-order valence-electron chi connectivity index (χ0n) is 23.9. The summed E-state index contributed by atoms with van der Waals surface area (Å²) in [7, 11) is 0. The van der Waals surface area contributed by atoms with E-state index in [1.165, 1.54) is 0 Å². The number of aliphatic hydroxyl groups excluding tert-OH is 1. The number of carbonyl (C=O) groups is 3. The molecule has 3 aliphatic rings. The maximum atomic E-state index is 14.5. The second kappa shape index (κ2) is 13.4. The number of likely N-dealkylation sites (tertiary alicyclic amines) is 1. The summed E-state index contributed by atoms with van der Waals surface area (Å²) in [5.74, 6) is -1.88. The summed E-state index contributed by atoms with van der Waals surface area (Å²) in [5, 5.41) is 10.6. The van der Waals surface area contributed by atoms with Gasteiger partial charge in [-0.15, -0.1) is 24.9 Å². The highest BCUT2D eigenvalue weighted by atomic mass is 32.2. The van der Waals surface area contributed by atoms with Crippen LogP contribution in [0.3, 0.4) is 0 Å². The Morgan fingerprint density at radius 3 is 2.65 bits per heavy atom. The van der Waals surface area contributed by atoms with Crippen LogP contribution in [0.15, 0.2) is 55.6 Å². The minimum Gasteiger partial charge on any atom is -0.465 e. The highest BCUT2D eigenvalue weighted by Crippen LogP contribution is 2.69. The highest BCUT2D eigenvalue weighted by molar-refractivity contribution is 8.02. The first-order chi connectivity index (χ1) is 19.3. The van der Waals surface area contributed by atoms with Gasteiger partial charge >= 0.3 is 5.97 Å². The molecule has 1 spiro atoms.